The fourth-order valence-corrected chi connectivity index (χ4v) is 9.47. The van der Waals surface area contributed by atoms with Gasteiger partial charge >= 0.3 is 0 Å². The maximum Gasteiger partial charge on any atom is 0.238 e. The zero-order valence-electron chi connectivity index (χ0n) is 32.2. The van der Waals surface area contributed by atoms with Gasteiger partial charge in [-0.1, -0.05) is 176 Å². The number of hydrogen-bond donors (Lipinski definition) is 0. The fraction of sp³-hybridized carbons (Fsp3) is 0. The van der Waals surface area contributed by atoms with Gasteiger partial charge in [-0.25, -0.2) is 4.98 Å². The van der Waals surface area contributed by atoms with Crippen molar-refractivity contribution in [1.82, 2.24) is 19.5 Å². The molecule has 5 nitrogen and oxygen atoms in total. The van der Waals surface area contributed by atoms with E-state index in [0.29, 0.717) is 17.6 Å². The van der Waals surface area contributed by atoms with E-state index >= 15 is 0 Å². The van der Waals surface area contributed by atoms with Crippen molar-refractivity contribution in [2.24, 2.45) is 0 Å². The molecule has 0 aliphatic heterocycles. The largest absolute Gasteiger partial charge is 0.455 e. The lowest BCUT2D eigenvalue weighted by Crippen LogP contribution is -2.07. The lowest BCUT2D eigenvalue weighted by Gasteiger charge is -2.15. The summed E-state index contributed by atoms with van der Waals surface area (Å²) in [6.07, 6.45) is 0. The average Bonchev–Trinajstić information content (AvgIpc) is 3.88. The molecule has 0 amide bonds. The van der Waals surface area contributed by atoms with Crippen LogP contribution in [0.25, 0.3) is 127 Å². The van der Waals surface area contributed by atoms with Crippen molar-refractivity contribution in [3.63, 3.8) is 0 Å². The summed E-state index contributed by atoms with van der Waals surface area (Å²) in [5, 5.41) is 13.3. The molecule has 13 rings (SSSR count). The van der Waals surface area contributed by atoms with Gasteiger partial charge in [-0.05, 0) is 56.3 Å². The Labute approximate surface area is 343 Å². The lowest BCUT2D eigenvalue weighted by atomic mass is 9.96. The molecule has 0 unspecified atom stereocenters. The van der Waals surface area contributed by atoms with Gasteiger partial charge in [0.1, 0.15) is 11.2 Å². The molecule has 0 aliphatic carbocycles. The highest BCUT2D eigenvalue weighted by Crippen LogP contribution is 2.43. The number of aromatic nitrogens is 4. The summed E-state index contributed by atoms with van der Waals surface area (Å²) >= 11 is 0. The van der Waals surface area contributed by atoms with Crippen LogP contribution >= 0.6 is 0 Å². The minimum atomic E-state index is 0.546. The molecule has 3 heterocycles. The third kappa shape index (κ3) is 4.84. The van der Waals surface area contributed by atoms with Gasteiger partial charge in [0, 0.05) is 48.8 Å². The molecule has 5 heteroatoms. The Kier molecular flexibility index (Phi) is 6.95. The highest BCUT2D eigenvalue weighted by Gasteiger charge is 2.24. The minimum Gasteiger partial charge on any atom is -0.455 e. The van der Waals surface area contributed by atoms with Crippen molar-refractivity contribution < 1.29 is 4.42 Å². The first-order chi connectivity index (χ1) is 29.7. The third-order valence-electron chi connectivity index (χ3n) is 12.2. The maximum absolute atomic E-state index is 6.69. The molecule has 278 valence electrons. The van der Waals surface area contributed by atoms with Gasteiger partial charge in [0.05, 0.1) is 11.0 Å². The Balaban J connectivity index is 1.20. The molecule has 60 heavy (non-hydrogen) atoms. The smallest absolute Gasteiger partial charge is 0.238 e. The van der Waals surface area contributed by atoms with Crippen LogP contribution in [0.1, 0.15) is 0 Å². The predicted octanol–water partition coefficient (Wildman–Crippen LogP) is 14.5. The van der Waals surface area contributed by atoms with Crippen LogP contribution in [0.4, 0.5) is 0 Å². The Hall–Kier alpha value is -8.15. The predicted molar refractivity (Wildman–Crippen MR) is 248 cm³/mol. The van der Waals surface area contributed by atoms with Crippen LogP contribution < -0.4 is 0 Å². The molecule has 0 radical (unpaired) electrons. The van der Waals surface area contributed by atoms with E-state index in [4.69, 9.17) is 19.4 Å². The van der Waals surface area contributed by atoms with Gasteiger partial charge in [0.15, 0.2) is 11.6 Å². The van der Waals surface area contributed by atoms with Crippen molar-refractivity contribution in [3.05, 3.63) is 194 Å². The molecule has 0 fully saturated rings. The van der Waals surface area contributed by atoms with E-state index in [2.05, 4.69) is 187 Å². The first-order valence-electron chi connectivity index (χ1n) is 20.3. The first kappa shape index (κ1) is 32.9. The van der Waals surface area contributed by atoms with E-state index < -0.39 is 0 Å². The summed E-state index contributed by atoms with van der Waals surface area (Å²) in [6.45, 7) is 0. The molecule has 0 spiro atoms. The lowest BCUT2D eigenvalue weighted by molar-refractivity contribution is 0.672. The van der Waals surface area contributed by atoms with Crippen LogP contribution in [0.2, 0.25) is 0 Å². The SMILES string of the molecule is c1ccc(-c2nc(-c3cc4ccccc4c4oc5ccccc5c34)nc(-n3c4c5ccccc5ccc4c4ccc5ccccc5c43)n2)c(-c2ccc3ccccc3c2)c1. The molecule has 0 saturated carbocycles. The van der Waals surface area contributed by atoms with Gasteiger partial charge < -0.3 is 4.42 Å². The van der Waals surface area contributed by atoms with Crippen LogP contribution in [-0.2, 0) is 0 Å². The van der Waals surface area contributed by atoms with E-state index in [9.17, 15) is 0 Å². The molecule has 3 aromatic heterocycles. The second-order valence-corrected chi connectivity index (χ2v) is 15.5. The molecule has 0 bridgehead atoms. The van der Waals surface area contributed by atoms with Crippen LogP contribution in [-0.4, -0.2) is 19.5 Å². The minimum absolute atomic E-state index is 0.546. The Morgan fingerprint density at radius 2 is 0.883 bits per heavy atom. The molecule has 13 aromatic rings. The molecule has 0 aliphatic rings. The molecule has 0 N–H and O–H groups in total. The fourth-order valence-electron chi connectivity index (χ4n) is 9.47. The van der Waals surface area contributed by atoms with Crippen LogP contribution in [0, 0.1) is 0 Å². The summed E-state index contributed by atoms with van der Waals surface area (Å²) < 4.78 is 8.98. The van der Waals surface area contributed by atoms with Gasteiger partial charge in [-0.15, -0.1) is 0 Å². The number of hydrogen-bond acceptors (Lipinski definition) is 4. The first-order valence-corrected chi connectivity index (χ1v) is 20.3. The Morgan fingerprint density at radius 3 is 1.60 bits per heavy atom. The van der Waals surface area contributed by atoms with Crippen molar-refractivity contribution >= 4 is 86.8 Å². The standard InChI is InChI=1S/C55H32N4O/c1-2-16-36-31-38(26-25-33(36)13-1)39-18-9-10-22-45(39)53-56-54(47-32-37-17-5-8-21-42(37)52-49(47)46-23-11-12-24-48(46)60-52)58-55(57-53)59-50-40-19-6-3-14-34(40)27-29-43(50)44-30-28-35-15-4-7-20-41(35)51(44)59/h1-32H. The van der Waals surface area contributed by atoms with Crippen molar-refractivity contribution in [3.8, 4) is 39.9 Å². The Morgan fingerprint density at radius 1 is 0.350 bits per heavy atom. The number of benzene rings is 10. The van der Waals surface area contributed by atoms with E-state index in [1.807, 2.05) is 12.1 Å². The second-order valence-electron chi connectivity index (χ2n) is 15.5. The van der Waals surface area contributed by atoms with Crippen molar-refractivity contribution in [2.75, 3.05) is 0 Å². The van der Waals surface area contributed by atoms with Crippen molar-refractivity contribution in [2.45, 2.75) is 0 Å². The van der Waals surface area contributed by atoms with Gasteiger partial charge in [0.25, 0.3) is 0 Å². The van der Waals surface area contributed by atoms with Crippen LogP contribution in [0.3, 0.4) is 0 Å². The van der Waals surface area contributed by atoms with Gasteiger partial charge in [-0.3, -0.25) is 4.57 Å². The average molecular weight is 765 g/mol. The summed E-state index contributed by atoms with van der Waals surface area (Å²) in [4.78, 5) is 16.6. The zero-order chi connectivity index (χ0) is 39.3. The van der Waals surface area contributed by atoms with Crippen molar-refractivity contribution in [1.29, 1.82) is 0 Å². The molecular formula is C55H32N4O. The van der Waals surface area contributed by atoms with Gasteiger partial charge in [-0.2, -0.15) is 9.97 Å². The highest BCUT2D eigenvalue weighted by atomic mass is 16.3. The van der Waals surface area contributed by atoms with E-state index in [1.54, 1.807) is 0 Å². The monoisotopic (exact) mass is 764 g/mol. The number of para-hydroxylation sites is 1. The maximum atomic E-state index is 6.69. The number of nitrogens with zero attached hydrogens (tertiary/aromatic N) is 4. The highest BCUT2D eigenvalue weighted by molar-refractivity contribution is 6.24. The molecule has 0 atom stereocenters. The van der Waals surface area contributed by atoms with E-state index in [0.717, 1.165) is 98.3 Å². The molecule has 10 aromatic carbocycles. The summed E-state index contributed by atoms with van der Waals surface area (Å²) in [6, 6.07) is 68.6. The number of fused-ring (bicyclic) bond motifs is 13. The summed E-state index contributed by atoms with van der Waals surface area (Å²) in [5.41, 5.74) is 7.70. The van der Waals surface area contributed by atoms with E-state index in [-0.39, 0.29) is 0 Å². The number of rotatable bonds is 4. The third-order valence-corrected chi connectivity index (χ3v) is 12.2. The van der Waals surface area contributed by atoms with E-state index in [1.165, 1.54) is 10.8 Å². The summed E-state index contributed by atoms with van der Waals surface area (Å²) in [5.74, 6) is 1.70. The molecule has 0 saturated heterocycles. The normalized spacial score (nSPS) is 12.0. The summed E-state index contributed by atoms with van der Waals surface area (Å²) in [7, 11) is 0. The second kappa shape index (κ2) is 12.7. The zero-order valence-corrected chi connectivity index (χ0v) is 32.2. The molecular weight excluding hydrogens is 733 g/mol. The Bertz CT molecular complexity index is 3820. The van der Waals surface area contributed by atoms with Gasteiger partial charge in [0.2, 0.25) is 5.95 Å². The quantitative estimate of drug-likeness (QED) is 0.179. The topological polar surface area (TPSA) is 56.7 Å². The van der Waals surface area contributed by atoms with Crippen LogP contribution in [0.15, 0.2) is 199 Å². The van der Waals surface area contributed by atoms with Crippen LogP contribution in [0.5, 0.6) is 0 Å². The number of furan rings is 1.